The molecule has 2 N–H and O–H groups in total. The lowest BCUT2D eigenvalue weighted by Gasteiger charge is -2.18. The van der Waals surface area contributed by atoms with Gasteiger partial charge in [0, 0.05) is 12.2 Å². The number of halogens is 4. The minimum absolute atomic E-state index is 0.0101. The maximum absolute atomic E-state index is 12.6. The van der Waals surface area contributed by atoms with Crippen LogP contribution in [0.15, 0.2) is 29.3 Å². The summed E-state index contributed by atoms with van der Waals surface area (Å²) in [4.78, 5) is 28.1. The van der Waals surface area contributed by atoms with Gasteiger partial charge in [0.2, 0.25) is 5.91 Å². The number of rotatable bonds is 6. The first-order valence-corrected chi connectivity index (χ1v) is 8.80. The number of hydrogen-bond donors (Lipinski definition) is 2. The Morgan fingerprint density at radius 3 is 2.50 bits per heavy atom. The minimum Gasteiger partial charge on any atom is -0.371 e. The highest BCUT2D eigenvalue weighted by Gasteiger charge is 2.30. The van der Waals surface area contributed by atoms with E-state index in [0.717, 1.165) is 23.2 Å². The van der Waals surface area contributed by atoms with Crippen LogP contribution in [-0.4, -0.2) is 32.8 Å². The second kappa shape index (κ2) is 8.59. The van der Waals surface area contributed by atoms with Gasteiger partial charge in [-0.05, 0) is 32.4 Å². The van der Waals surface area contributed by atoms with Gasteiger partial charge in [-0.1, -0.05) is 18.5 Å². The van der Waals surface area contributed by atoms with Crippen molar-refractivity contribution in [3.05, 3.63) is 45.5 Å². The van der Waals surface area contributed by atoms with Crippen LogP contribution in [0.2, 0.25) is 5.02 Å². The number of aromatic nitrogens is 3. The number of carbonyl (C=O) groups excluding carboxylic acids is 1. The fraction of sp³-hybridized carbons (Fsp3) is 0.412. The van der Waals surface area contributed by atoms with E-state index in [1.165, 1.54) is 6.20 Å². The van der Waals surface area contributed by atoms with Crippen LogP contribution in [0.4, 0.5) is 18.9 Å². The van der Waals surface area contributed by atoms with E-state index in [2.05, 4.69) is 20.7 Å². The predicted octanol–water partition coefficient (Wildman–Crippen LogP) is 3.01. The highest BCUT2D eigenvalue weighted by Crippen LogP contribution is 2.28. The first-order chi connectivity index (χ1) is 13.0. The third kappa shape index (κ3) is 5.00. The number of nitrogens with one attached hydrogen (secondary N) is 2. The number of alkyl halides is 3. The molecule has 1 amide bonds. The van der Waals surface area contributed by atoms with Gasteiger partial charge >= 0.3 is 6.18 Å². The second-order valence-corrected chi connectivity index (χ2v) is 6.55. The van der Waals surface area contributed by atoms with Crippen LogP contribution < -0.4 is 16.2 Å². The maximum atomic E-state index is 12.6. The summed E-state index contributed by atoms with van der Waals surface area (Å²) < 4.78 is 38.6. The average molecular weight is 418 g/mol. The lowest BCUT2D eigenvalue weighted by Crippen LogP contribution is -2.42. The number of carbonyl (C=O) groups is 1. The van der Waals surface area contributed by atoms with Crippen molar-refractivity contribution < 1.29 is 18.0 Å². The average Bonchev–Trinajstić information content (AvgIpc) is 2.64. The third-order valence-corrected chi connectivity index (χ3v) is 4.34. The summed E-state index contributed by atoms with van der Waals surface area (Å²) in [7, 11) is 0. The molecule has 0 saturated carbocycles. The summed E-state index contributed by atoms with van der Waals surface area (Å²) in [6, 6.07) is 1.11. The van der Waals surface area contributed by atoms with Gasteiger partial charge in [-0.25, -0.2) is 4.98 Å². The molecule has 0 spiro atoms. The Kier molecular flexibility index (Phi) is 6.65. The van der Waals surface area contributed by atoms with Crippen molar-refractivity contribution >= 4 is 23.2 Å². The zero-order chi connectivity index (χ0) is 21.1. The van der Waals surface area contributed by atoms with E-state index < -0.39 is 23.3 Å². The fourth-order valence-corrected chi connectivity index (χ4v) is 2.33. The molecule has 0 aliphatic carbocycles. The minimum atomic E-state index is -4.54. The Hall–Kier alpha value is -2.62. The molecule has 2 atom stereocenters. The number of nitrogens with zero attached hydrogens (tertiary/aromatic N) is 3. The van der Waals surface area contributed by atoms with Crippen LogP contribution in [0.1, 0.15) is 32.8 Å². The first kappa shape index (κ1) is 21.7. The highest BCUT2D eigenvalue weighted by atomic mass is 35.5. The van der Waals surface area contributed by atoms with E-state index in [-0.39, 0.29) is 28.5 Å². The maximum Gasteiger partial charge on any atom is 0.417 e. The largest absolute Gasteiger partial charge is 0.417 e. The lowest BCUT2D eigenvalue weighted by atomic mass is 10.2. The summed E-state index contributed by atoms with van der Waals surface area (Å²) in [6.45, 7) is 5.38. The molecule has 0 bridgehead atoms. The van der Waals surface area contributed by atoms with Crippen molar-refractivity contribution in [2.45, 2.75) is 45.5 Å². The molecule has 28 heavy (non-hydrogen) atoms. The van der Waals surface area contributed by atoms with Crippen molar-refractivity contribution in [3.63, 3.8) is 0 Å². The van der Waals surface area contributed by atoms with Gasteiger partial charge in [0.25, 0.3) is 5.56 Å². The van der Waals surface area contributed by atoms with Crippen LogP contribution in [0.3, 0.4) is 0 Å². The van der Waals surface area contributed by atoms with Crippen molar-refractivity contribution in [3.8, 4) is 5.82 Å². The van der Waals surface area contributed by atoms with Crippen LogP contribution in [0.25, 0.3) is 5.82 Å². The highest BCUT2D eigenvalue weighted by molar-refractivity contribution is 6.33. The molecular weight excluding hydrogens is 399 g/mol. The van der Waals surface area contributed by atoms with E-state index >= 15 is 0 Å². The number of hydrogen-bond acceptors (Lipinski definition) is 5. The zero-order valence-corrected chi connectivity index (χ0v) is 16.1. The summed E-state index contributed by atoms with van der Waals surface area (Å²) in [5.74, 6) is -0.395. The molecule has 2 unspecified atom stereocenters. The molecule has 0 aliphatic rings. The van der Waals surface area contributed by atoms with E-state index in [1.54, 1.807) is 6.92 Å². The van der Waals surface area contributed by atoms with Gasteiger partial charge < -0.3 is 10.6 Å². The molecule has 2 heterocycles. The van der Waals surface area contributed by atoms with Gasteiger partial charge in [-0.15, -0.1) is 0 Å². The number of pyridine rings is 1. The Morgan fingerprint density at radius 2 is 1.96 bits per heavy atom. The third-order valence-electron chi connectivity index (χ3n) is 3.98. The normalized spacial score (nSPS) is 13.7. The van der Waals surface area contributed by atoms with Crippen molar-refractivity contribution in [2.24, 2.45) is 0 Å². The topological polar surface area (TPSA) is 88.9 Å². The smallest absolute Gasteiger partial charge is 0.371 e. The molecule has 0 saturated heterocycles. The fourth-order valence-electron chi connectivity index (χ4n) is 2.14. The van der Waals surface area contributed by atoms with Crippen molar-refractivity contribution in [1.82, 2.24) is 20.1 Å². The van der Waals surface area contributed by atoms with Crippen LogP contribution in [0, 0.1) is 0 Å². The van der Waals surface area contributed by atoms with Gasteiger partial charge in [0.15, 0.2) is 5.82 Å². The molecule has 0 radical (unpaired) electrons. The number of amides is 1. The standard InChI is InChI=1S/C17H19ClF3N5O2/c1-4-9(2)24-15(27)10(3)25-12-8-23-26(16(28)14(12)18)13-6-5-11(7-22-13)17(19,20)21/h5-10,25H,4H2,1-3H3,(H,24,27). The van der Waals surface area contributed by atoms with Gasteiger partial charge in [-0.2, -0.15) is 23.0 Å². The quantitative estimate of drug-likeness (QED) is 0.754. The summed E-state index contributed by atoms with van der Waals surface area (Å²) in [5, 5.41) is 9.20. The predicted molar refractivity (Wildman–Crippen MR) is 98.6 cm³/mol. The Morgan fingerprint density at radius 1 is 1.29 bits per heavy atom. The molecule has 2 aromatic heterocycles. The molecule has 0 fully saturated rings. The Labute approximate surface area is 163 Å². The van der Waals surface area contributed by atoms with Crippen molar-refractivity contribution in [2.75, 3.05) is 5.32 Å². The first-order valence-electron chi connectivity index (χ1n) is 8.43. The lowest BCUT2D eigenvalue weighted by molar-refractivity contribution is -0.137. The van der Waals surface area contributed by atoms with E-state index in [0.29, 0.717) is 6.20 Å². The summed E-state index contributed by atoms with van der Waals surface area (Å²) in [5.41, 5.74) is -1.61. The molecule has 11 heteroatoms. The zero-order valence-electron chi connectivity index (χ0n) is 15.3. The Bertz CT molecular complexity index is 899. The second-order valence-electron chi connectivity index (χ2n) is 6.18. The summed E-state index contributed by atoms with van der Waals surface area (Å²) in [6.07, 6.45) is -1.97. The number of anilines is 1. The van der Waals surface area contributed by atoms with Crippen LogP contribution in [-0.2, 0) is 11.0 Å². The molecular formula is C17H19ClF3N5O2. The molecule has 152 valence electrons. The Balaban J connectivity index is 2.23. The van der Waals surface area contributed by atoms with E-state index in [4.69, 9.17) is 11.6 Å². The SMILES string of the molecule is CCC(C)NC(=O)C(C)Nc1cnn(-c2ccc(C(F)(F)F)cn2)c(=O)c1Cl. The van der Waals surface area contributed by atoms with E-state index in [1.807, 2.05) is 13.8 Å². The molecule has 2 rings (SSSR count). The molecule has 2 aromatic rings. The van der Waals surface area contributed by atoms with Gasteiger partial charge in [0.05, 0.1) is 17.4 Å². The van der Waals surface area contributed by atoms with Gasteiger partial charge in [0.1, 0.15) is 11.1 Å². The van der Waals surface area contributed by atoms with Crippen LogP contribution >= 0.6 is 11.6 Å². The van der Waals surface area contributed by atoms with Crippen LogP contribution in [0.5, 0.6) is 0 Å². The molecule has 7 nitrogen and oxygen atoms in total. The van der Waals surface area contributed by atoms with E-state index in [9.17, 15) is 22.8 Å². The monoisotopic (exact) mass is 417 g/mol. The molecule has 0 aromatic carbocycles. The molecule has 0 aliphatic heterocycles. The van der Waals surface area contributed by atoms with Crippen molar-refractivity contribution in [1.29, 1.82) is 0 Å². The summed E-state index contributed by atoms with van der Waals surface area (Å²) >= 11 is 6.06. The van der Waals surface area contributed by atoms with Gasteiger partial charge in [-0.3, -0.25) is 9.59 Å².